The Kier molecular flexibility index (Phi) is 2.04. The lowest BCUT2D eigenvalue weighted by molar-refractivity contribution is 0.0594. The first-order chi connectivity index (χ1) is 7.93. The van der Waals surface area contributed by atoms with Gasteiger partial charge >= 0.3 is 0 Å². The first-order valence-electron chi connectivity index (χ1n) is 4.88. The molecule has 0 bridgehead atoms. The molecule has 0 spiro atoms. The van der Waals surface area contributed by atoms with Gasteiger partial charge in [0.1, 0.15) is 5.69 Å². The van der Waals surface area contributed by atoms with Crippen LogP contribution in [0.1, 0.15) is 0 Å². The molecule has 0 fully saturated rings. The Bertz CT molecular complexity index is 623. The maximum atomic E-state index is 4.84. The SMILES string of the molecule is c1ccc(N=Nc2cccc3ooc23)cc1. The van der Waals surface area contributed by atoms with Gasteiger partial charge in [0.25, 0.3) is 5.58 Å². The molecule has 0 radical (unpaired) electrons. The summed E-state index contributed by atoms with van der Waals surface area (Å²) in [5, 5.41) is 8.21. The number of azo groups is 1. The molecule has 0 saturated carbocycles. The monoisotopic (exact) mass is 212 g/mol. The van der Waals surface area contributed by atoms with Crippen LogP contribution in [-0.2, 0) is 0 Å². The summed E-state index contributed by atoms with van der Waals surface area (Å²) in [4.78, 5) is 0. The highest BCUT2D eigenvalue weighted by atomic mass is 17.0. The first kappa shape index (κ1) is 8.91. The van der Waals surface area contributed by atoms with Crippen molar-refractivity contribution < 1.29 is 9.15 Å². The smallest absolute Gasteiger partial charge is 0.253 e. The first-order valence-corrected chi connectivity index (χ1v) is 4.88. The minimum atomic E-state index is 0.641. The van der Waals surface area contributed by atoms with Crippen molar-refractivity contribution >= 4 is 22.5 Å². The molecule has 78 valence electrons. The maximum Gasteiger partial charge on any atom is 0.253 e. The zero-order valence-corrected chi connectivity index (χ0v) is 8.33. The molecule has 1 aromatic heterocycles. The molecular formula is C12H8N2O2. The van der Waals surface area contributed by atoms with Crippen molar-refractivity contribution in [2.75, 3.05) is 0 Å². The van der Waals surface area contributed by atoms with Crippen LogP contribution in [0.2, 0.25) is 0 Å². The molecule has 0 saturated heterocycles. The molecule has 3 rings (SSSR count). The van der Waals surface area contributed by atoms with Gasteiger partial charge in [-0.05, 0) is 24.3 Å². The molecule has 0 atom stereocenters. The van der Waals surface area contributed by atoms with Gasteiger partial charge in [-0.2, -0.15) is 5.11 Å². The van der Waals surface area contributed by atoms with Crippen molar-refractivity contribution in [3.63, 3.8) is 0 Å². The Balaban J connectivity index is 1.95. The quantitative estimate of drug-likeness (QED) is 0.465. The third-order valence-corrected chi connectivity index (χ3v) is 2.20. The fraction of sp³-hybridized carbons (Fsp3) is 0. The van der Waals surface area contributed by atoms with E-state index in [0.717, 1.165) is 5.69 Å². The Labute approximate surface area is 91.1 Å². The summed E-state index contributed by atoms with van der Waals surface area (Å²) >= 11 is 0. The molecule has 0 N–H and O–H groups in total. The Morgan fingerprint density at radius 1 is 0.750 bits per heavy atom. The van der Waals surface area contributed by atoms with E-state index in [1.54, 1.807) is 0 Å². The van der Waals surface area contributed by atoms with E-state index in [1.165, 1.54) is 0 Å². The van der Waals surface area contributed by atoms with E-state index in [0.29, 0.717) is 16.9 Å². The molecule has 0 aliphatic rings. The zero-order chi connectivity index (χ0) is 10.8. The van der Waals surface area contributed by atoms with Crippen LogP contribution in [0.4, 0.5) is 11.4 Å². The minimum Gasteiger partial charge on any atom is -0.285 e. The summed E-state index contributed by atoms with van der Waals surface area (Å²) in [6.07, 6.45) is 0. The summed E-state index contributed by atoms with van der Waals surface area (Å²) in [5.41, 5.74) is 2.82. The molecule has 0 aliphatic carbocycles. The van der Waals surface area contributed by atoms with Crippen LogP contribution < -0.4 is 0 Å². The highest BCUT2D eigenvalue weighted by Gasteiger charge is 2.08. The third-order valence-electron chi connectivity index (χ3n) is 2.20. The van der Waals surface area contributed by atoms with E-state index in [-0.39, 0.29) is 0 Å². The minimum absolute atomic E-state index is 0.641. The summed E-state index contributed by atoms with van der Waals surface area (Å²) < 4.78 is 9.61. The molecule has 0 unspecified atom stereocenters. The van der Waals surface area contributed by atoms with Gasteiger partial charge in [0.05, 0.1) is 5.69 Å². The van der Waals surface area contributed by atoms with Crippen LogP contribution in [0.3, 0.4) is 0 Å². The molecule has 0 aliphatic heterocycles. The molecular weight excluding hydrogens is 204 g/mol. The summed E-state index contributed by atoms with van der Waals surface area (Å²) in [5.74, 6) is 0. The number of para-hydroxylation sites is 1. The molecule has 0 amide bonds. The normalized spacial score (nSPS) is 11.5. The van der Waals surface area contributed by atoms with Crippen molar-refractivity contribution in [1.82, 2.24) is 0 Å². The topological polar surface area (TPSA) is 51.0 Å². The van der Waals surface area contributed by atoms with E-state index in [2.05, 4.69) is 10.2 Å². The van der Waals surface area contributed by atoms with Crippen LogP contribution in [0.5, 0.6) is 0 Å². The number of rotatable bonds is 2. The van der Waals surface area contributed by atoms with Crippen molar-refractivity contribution in [3.8, 4) is 0 Å². The van der Waals surface area contributed by atoms with Gasteiger partial charge in [0, 0.05) is 0 Å². The van der Waals surface area contributed by atoms with Gasteiger partial charge in [-0.15, -0.1) is 5.11 Å². The summed E-state index contributed by atoms with van der Waals surface area (Å²) in [6.45, 7) is 0. The van der Waals surface area contributed by atoms with Crippen LogP contribution >= 0.6 is 0 Å². The lowest BCUT2D eigenvalue weighted by Gasteiger charge is -1.99. The van der Waals surface area contributed by atoms with E-state index in [1.807, 2.05) is 48.5 Å². The predicted molar refractivity (Wildman–Crippen MR) is 59.1 cm³/mol. The highest BCUT2D eigenvalue weighted by molar-refractivity contribution is 5.82. The fourth-order valence-electron chi connectivity index (χ4n) is 1.39. The van der Waals surface area contributed by atoms with E-state index >= 15 is 0 Å². The van der Waals surface area contributed by atoms with Gasteiger partial charge in [0.2, 0.25) is 5.58 Å². The van der Waals surface area contributed by atoms with Gasteiger partial charge in [-0.1, -0.05) is 24.3 Å². The lowest BCUT2D eigenvalue weighted by atomic mass is 10.3. The molecule has 4 heteroatoms. The van der Waals surface area contributed by atoms with Gasteiger partial charge in [-0.25, -0.2) is 0 Å². The number of nitrogens with zero attached hydrogens (tertiary/aromatic N) is 2. The number of hydrogen-bond donors (Lipinski definition) is 0. The van der Waals surface area contributed by atoms with E-state index < -0.39 is 0 Å². The van der Waals surface area contributed by atoms with Crippen LogP contribution in [0.15, 0.2) is 67.9 Å². The highest BCUT2D eigenvalue weighted by Crippen LogP contribution is 2.30. The van der Waals surface area contributed by atoms with Crippen molar-refractivity contribution in [3.05, 3.63) is 48.5 Å². The van der Waals surface area contributed by atoms with Crippen LogP contribution in [-0.4, -0.2) is 0 Å². The van der Waals surface area contributed by atoms with Gasteiger partial charge in [-0.3, -0.25) is 9.15 Å². The Morgan fingerprint density at radius 2 is 1.62 bits per heavy atom. The zero-order valence-electron chi connectivity index (χ0n) is 8.33. The van der Waals surface area contributed by atoms with Crippen LogP contribution in [0.25, 0.3) is 11.2 Å². The second kappa shape index (κ2) is 3.66. The Hall–Kier alpha value is -2.36. The maximum absolute atomic E-state index is 4.84. The van der Waals surface area contributed by atoms with Gasteiger partial charge in [0.15, 0.2) is 0 Å². The summed E-state index contributed by atoms with van der Waals surface area (Å²) in [7, 11) is 0. The molecule has 3 aromatic rings. The van der Waals surface area contributed by atoms with Crippen molar-refractivity contribution in [1.29, 1.82) is 0 Å². The Morgan fingerprint density at radius 3 is 2.38 bits per heavy atom. The van der Waals surface area contributed by atoms with E-state index in [9.17, 15) is 0 Å². The standard InChI is InChI=1S/C12H8N2O2/c1-2-5-9(6-3-1)13-14-10-7-4-8-11-12(10)16-15-11/h1-8H. The lowest BCUT2D eigenvalue weighted by Crippen LogP contribution is -1.75. The molecule has 2 aromatic carbocycles. The average Bonchev–Trinajstić information content (AvgIpc) is 2.30. The third kappa shape index (κ3) is 1.50. The van der Waals surface area contributed by atoms with Crippen molar-refractivity contribution in [2.24, 2.45) is 10.2 Å². The average molecular weight is 212 g/mol. The second-order valence-electron chi connectivity index (χ2n) is 3.31. The second-order valence-corrected chi connectivity index (χ2v) is 3.31. The van der Waals surface area contributed by atoms with Gasteiger partial charge < -0.3 is 0 Å². The van der Waals surface area contributed by atoms with E-state index in [4.69, 9.17) is 9.15 Å². The number of hydrogen-bond acceptors (Lipinski definition) is 4. The fourth-order valence-corrected chi connectivity index (χ4v) is 1.39. The molecule has 16 heavy (non-hydrogen) atoms. The van der Waals surface area contributed by atoms with Crippen LogP contribution in [0, 0.1) is 0 Å². The number of fused-ring (bicyclic) bond motifs is 1. The molecule has 4 nitrogen and oxygen atoms in total. The summed E-state index contributed by atoms with van der Waals surface area (Å²) in [6, 6.07) is 15.0. The number of benzene rings is 2. The largest absolute Gasteiger partial charge is 0.285 e. The molecule has 1 heterocycles. The predicted octanol–water partition coefficient (Wildman–Crippen LogP) is 4.44. The van der Waals surface area contributed by atoms with Crippen molar-refractivity contribution in [2.45, 2.75) is 0 Å².